The molecule has 3 rings (SSSR count). The maximum Gasteiger partial charge on any atom is 0.155 e. The minimum absolute atomic E-state index is 0.697. The third-order valence-electron chi connectivity index (χ3n) is 2.49. The Labute approximate surface area is 98.2 Å². The van der Waals surface area contributed by atoms with E-state index in [1.165, 1.54) is 0 Å². The van der Waals surface area contributed by atoms with Crippen LogP contribution in [-0.4, -0.2) is 9.71 Å². The van der Waals surface area contributed by atoms with Gasteiger partial charge in [-0.2, -0.15) is 4.73 Å². The highest BCUT2D eigenvalue weighted by molar-refractivity contribution is 5.78. The lowest BCUT2D eigenvalue weighted by atomic mass is 10.3. The predicted octanol–water partition coefficient (Wildman–Crippen LogP) is 2.46. The lowest BCUT2D eigenvalue weighted by Crippen LogP contribution is -2.02. The summed E-state index contributed by atoms with van der Waals surface area (Å²) in [5, 5.41) is 0. The minimum Gasteiger partial charge on any atom is -0.399 e. The van der Waals surface area contributed by atoms with E-state index in [4.69, 9.17) is 10.6 Å². The number of hydrogen-bond donors (Lipinski definition) is 1. The molecule has 1 heterocycles. The maximum absolute atomic E-state index is 5.70. The number of nitrogen functional groups attached to an aromatic ring is 1. The number of imidazole rings is 1. The molecule has 0 saturated carbocycles. The number of hydrogen-bond acceptors (Lipinski definition) is 3. The fraction of sp³-hybridized carbons (Fsp3) is 0. The van der Waals surface area contributed by atoms with E-state index in [-0.39, 0.29) is 0 Å². The van der Waals surface area contributed by atoms with Crippen LogP contribution < -0.4 is 10.6 Å². The zero-order chi connectivity index (χ0) is 11.7. The Bertz CT molecular complexity index is 646. The fourth-order valence-electron chi connectivity index (χ4n) is 1.67. The lowest BCUT2D eigenvalue weighted by Gasteiger charge is -2.06. The lowest BCUT2D eigenvalue weighted by molar-refractivity contribution is 0.227. The van der Waals surface area contributed by atoms with Crippen LogP contribution in [-0.2, 0) is 0 Å². The van der Waals surface area contributed by atoms with Crippen molar-refractivity contribution in [2.75, 3.05) is 5.73 Å². The van der Waals surface area contributed by atoms with Gasteiger partial charge in [0.2, 0.25) is 0 Å². The number of aromatic nitrogens is 2. The van der Waals surface area contributed by atoms with Gasteiger partial charge in [0.1, 0.15) is 11.8 Å². The van der Waals surface area contributed by atoms with Gasteiger partial charge >= 0.3 is 0 Å². The Balaban J connectivity index is 2.01. The highest BCUT2D eigenvalue weighted by Gasteiger charge is 2.04. The van der Waals surface area contributed by atoms with Crippen LogP contribution in [0, 0.1) is 0 Å². The molecule has 3 aromatic rings. The summed E-state index contributed by atoms with van der Waals surface area (Å²) in [5.41, 5.74) is 8.10. The molecule has 0 amide bonds. The molecule has 17 heavy (non-hydrogen) atoms. The zero-order valence-corrected chi connectivity index (χ0v) is 9.08. The first-order valence-electron chi connectivity index (χ1n) is 5.29. The number of nitrogens with two attached hydrogens (primary N) is 1. The van der Waals surface area contributed by atoms with E-state index in [2.05, 4.69) is 4.98 Å². The van der Waals surface area contributed by atoms with Crippen molar-refractivity contribution in [3.63, 3.8) is 0 Å². The van der Waals surface area contributed by atoms with Crippen molar-refractivity contribution in [1.82, 2.24) is 9.71 Å². The minimum atomic E-state index is 0.697. The Hall–Kier alpha value is -2.49. The first-order chi connectivity index (χ1) is 8.33. The Morgan fingerprint density at radius 1 is 1.06 bits per heavy atom. The van der Waals surface area contributed by atoms with E-state index >= 15 is 0 Å². The van der Waals surface area contributed by atoms with Crippen LogP contribution in [0.3, 0.4) is 0 Å². The van der Waals surface area contributed by atoms with Gasteiger partial charge in [0.05, 0.1) is 5.52 Å². The summed E-state index contributed by atoms with van der Waals surface area (Å²) in [6.45, 7) is 0. The summed E-state index contributed by atoms with van der Waals surface area (Å²) in [7, 11) is 0. The molecular weight excluding hydrogens is 214 g/mol. The van der Waals surface area contributed by atoms with Gasteiger partial charge in [0.15, 0.2) is 5.75 Å². The van der Waals surface area contributed by atoms with Gasteiger partial charge in [0, 0.05) is 5.69 Å². The normalized spacial score (nSPS) is 10.6. The Morgan fingerprint density at radius 3 is 2.71 bits per heavy atom. The smallest absolute Gasteiger partial charge is 0.155 e. The second-order valence-corrected chi connectivity index (χ2v) is 3.72. The molecular formula is C13H11N3O. The van der Waals surface area contributed by atoms with Crippen molar-refractivity contribution in [2.24, 2.45) is 0 Å². The van der Waals surface area contributed by atoms with Crippen molar-refractivity contribution in [3.05, 3.63) is 54.9 Å². The number of para-hydroxylation sites is 1. The molecule has 0 aliphatic heterocycles. The van der Waals surface area contributed by atoms with Crippen LogP contribution in [0.4, 0.5) is 5.69 Å². The molecule has 2 aromatic carbocycles. The predicted molar refractivity (Wildman–Crippen MR) is 66.6 cm³/mol. The molecule has 0 atom stereocenters. The van der Waals surface area contributed by atoms with Crippen molar-refractivity contribution >= 4 is 16.7 Å². The van der Waals surface area contributed by atoms with Crippen LogP contribution >= 0.6 is 0 Å². The van der Waals surface area contributed by atoms with Gasteiger partial charge in [-0.05, 0) is 30.3 Å². The first-order valence-corrected chi connectivity index (χ1v) is 5.29. The van der Waals surface area contributed by atoms with Gasteiger partial charge in [-0.1, -0.05) is 18.2 Å². The molecule has 0 unspecified atom stereocenters. The topological polar surface area (TPSA) is 53.1 Å². The molecule has 0 bridgehead atoms. The van der Waals surface area contributed by atoms with Crippen LogP contribution in [0.2, 0.25) is 0 Å². The highest BCUT2D eigenvalue weighted by atomic mass is 16.7. The van der Waals surface area contributed by atoms with Crippen LogP contribution in [0.15, 0.2) is 54.9 Å². The number of fused-ring (bicyclic) bond motifs is 1. The van der Waals surface area contributed by atoms with Crippen LogP contribution in [0.1, 0.15) is 0 Å². The summed E-state index contributed by atoms with van der Waals surface area (Å²) < 4.78 is 1.63. The molecule has 0 fully saturated rings. The molecule has 2 N–H and O–H groups in total. The summed E-state index contributed by atoms with van der Waals surface area (Å²) in [5.74, 6) is 0.767. The third kappa shape index (κ3) is 1.80. The molecule has 0 aliphatic rings. The van der Waals surface area contributed by atoms with Gasteiger partial charge in [-0.25, -0.2) is 4.98 Å². The van der Waals surface area contributed by atoms with E-state index in [9.17, 15) is 0 Å². The van der Waals surface area contributed by atoms with Crippen LogP contribution in [0.5, 0.6) is 5.75 Å². The summed E-state index contributed by atoms with van der Waals surface area (Å²) >= 11 is 0. The maximum atomic E-state index is 5.70. The second kappa shape index (κ2) is 3.83. The molecule has 1 aromatic heterocycles. The molecule has 0 spiro atoms. The monoisotopic (exact) mass is 225 g/mol. The van der Waals surface area contributed by atoms with E-state index < -0.39 is 0 Å². The largest absolute Gasteiger partial charge is 0.399 e. The van der Waals surface area contributed by atoms with E-state index in [0.717, 1.165) is 16.8 Å². The van der Waals surface area contributed by atoms with E-state index in [1.807, 2.05) is 48.5 Å². The summed E-state index contributed by atoms with van der Waals surface area (Å²) in [6, 6.07) is 15.1. The molecule has 0 radical (unpaired) electrons. The zero-order valence-electron chi connectivity index (χ0n) is 9.08. The van der Waals surface area contributed by atoms with Crippen molar-refractivity contribution in [2.45, 2.75) is 0 Å². The van der Waals surface area contributed by atoms with Gasteiger partial charge in [-0.15, -0.1) is 0 Å². The SMILES string of the molecule is Nc1ccc2c(c1)ncn2Oc1ccccc1. The first kappa shape index (κ1) is 9.72. The fourth-order valence-corrected chi connectivity index (χ4v) is 1.67. The second-order valence-electron chi connectivity index (χ2n) is 3.72. The molecule has 0 aliphatic carbocycles. The molecule has 4 heteroatoms. The highest BCUT2D eigenvalue weighted by Crippen LogP contribution is 2.18. The van der Waals surface area contributed by atoms with E-state index in [0.29, 0.717) is 5.69 Å². The van der Waals surface area contributed by atoms with Gasteiger partial charge in [-0.3, -0.25) is 0 Å². The van der Waals surface area contributed by atoms with Crippen LogP contribution in [0.25, 0.3) is 11.0 Å². The van der Waals surface area contributed by atoms with Gasteiger partial charge < -0.3 is 10.6 Å². The standard InChI is InChI=1S/C13H11N3O/c14-10-6-7-13-12(8-10)15-9-16(13)17-11-4-2-1-3-5-11/h1-9H,14H2. The molecule has 4 nitrogen and oxygen atoms in total. The quantitative estimate of drug-likeness (QED) is 0.681. The summed E-state index contributed by atoms with van der Waals surface area (Å²) in [4.78, 5) is 9.92. The Kier molecular flexibility index (Phi) is 2.19. The number of anilines is 1. The number of nitrogens with zero attached hydrogens (tertiary/aromatic N) is 2. The van der Waals surface area contributed by atoms with Crippen molar-refractivity contribution in [1.29, 1.82) is 0 Å². The third-order valence-corrected chi connectivity index (χ3v) is 2.49. The number of benzene rings is 2. The van der Waals surface area contributed by atoms with Crippen molar-refractivity contribution < 1.29 is 4.84 Å². The van der Waals surface area contributed by atoms with E-state index in [1.54, 1.807) is 11.1 Å². The average molecular weight is 225 g/mol. The summed E-state index contributed by atoms with van der Waals surface area (Å²) in [6.07, 6.45) is 1.64. The molecule has 0 saturated heterocycles. The Morgan fingerprint density at radius 2 is 1.88 bits per heavy atom. The van der Waals surface area contributed by atoms with Crippen molar-refractivity contribution in [3.8, 4) is 5.75 Å². The molecule has 84 valence electrons. The number of rotatable bonds is 2. The van der Waals surface area contributed by atoms with Gasteiger partial charge in [0.25, 0.3) is 0 Å². The average Bonchev–Trinajstić information content (AvgIpc) is 2.73.